The summed E-state index contributed by atoms with van der Waals surface area (Å²) in [5.41, 5.74) is 0.375. The van der Waals surface area contributed by atoms with Crippen molar-refractivity contribution in [2.75, 3.05) is 7.05 Å². The molecule has 0 aromatic carbocycles. The molecule has 0 saturated heterocycles. The van der Waals surface area contributed by atoms with E-state index in [0.29, 0.717) is 17.5 Å². The van der Waals surface area contributed by atoms with Gasteiger partial charge in [-0.05, 0) is 51.5 Å². The van der Waals surface area contributed by atoms with Gasteiger partial charge in [-0.15, -0.1) is 0 Å². The topological polar surface area (TPSA) is 42.7 Å². The second kappa shape index (κ2) is 5.23. The molecular formula is C15H28N4. The van der Waals surface area contributed by atoms with Gasteiger partial charge in [-0.1, -0.05) is 20.8 Å². The highest BCUT2D eigenvalue weighted by atomic mass is 15.4. The van der Waals surface area contributed by atoms with E-state index in [-0.39, 0.29) is 0 Å². The van der Waals surface area contributed by atoms with Gasteiger partial charge < -0.3 is 5.32 Å². The van der Waals surface area contributed by atoms with Crippen LogP contribution in [0.3, 0.4) is 0 Å². The zero-order chi connectivity index (χ0) is 14.2. The predicted octanol–water partition coefficient (Wildman–Crippen LogP) is 2.87. The van der Waals surface area contributed by atoms with Gasteiger partial charge in [-0.3, -0.25) is 0 Å². The molecule has 2 rings (SSSR count). The summed E-state index contributed by atoms with van der Waals surface area (Å²) in [5, 5.41) is 8.09. The van der Waals surface area contributed by atoms with Crippen molar-refractivity contribution in [2.24, 2.45) is 11.3 Å². The van der Waals surface area contributed by atoms with Gasteiger partial charge >= 0.3 is 0 Å². The van der Waals surface area contributed by atoms with E-state index in [4.69, 9.17) is 0 Å². The van der Waals surface area contributed by atoms with Crippen LogP contribution in [-0.2, 0) is 0 Å². The molecule has 1 aromatic heterocycles. The fourth-order valence-corrected chi connectivity index (χ4v) is 3.39. The van der Waals surface area contributed by atoms with Crippen LogP contribution in [0, 0.1) is 25.2 Å². The van der Waals surface area contributed by atoms with E-state index in [1.54, 1.807) is 0 Å². The maximum absolute atomic E-state index is 4.61. The Kier molecular flexibility index (Phi) is 4.00. The Bertz CT molecular complexity index is 430. The van der Waals surface area contributed by atoms with Crippen LogP contribution in [0.2, 0.25) is 0 Å². The lowest BCUT2D eigenvalue weighted by Gasteiger charge is -2.42. The molecule has 108 valence electrons. The molecule has 1 heterocycles. The number of aromatic nitrogens is 3. The van der Waals surface area contributed by atoms with E-state index in [1.807, 2.05) is 6.92 Å². The smallest absolute Gasteiger partial charge is 0.147 e. The van der Waals surface area contributed by atoms with E-state index in [2.05, 4.69) is 54.8 Å². The average molecular weight is 264 g/mol. The number of hydrogen-bond acceptors (Lipinski definition) is 3. The van der Waals surface area contributed by atoms with E-state index in [0.717, 1.165) is 17.6 Å². The molecule has 1 aliphatic rings. The number of hydrogen-bond donors (Lipinski definition) is 1. The Balaban J connectivity index is 2.26. The first-order chi connectivity index (χ1) is 8.82. The van der Waals surface area contributed by atoms with Crippen molar-refractivity contribution in [3.05, 3.63) is 11.6 Å². The third kappa shape index (κ3) is 2.99. The van der Waals surface area contributed by atoms with Crippen molar-refractivity contribution in [2.45, 2.75) is 66.0 Å². The molecule has 1 aliphatic carbocycles. The first-order valence-corrected chi connectivity index (χ1v) is 7.40. The highest BCUT2D eigenvalue weighted by molar-refractivity contribution is 4.97. The van der Waals surface area contributed by atoms with Gasteiger partial charge in [-0.2, -0.15) is 5.10 Å². The van der Waals surface area contributed by atoms with Gasteiger partial charge in [0.15, 0.2) is 0 Å². The first-order valence-electron chi connectivity index (χ1n) is 7.40. The van der Waals surface area contributed by atoms with Crippen molar-refractivity contribution in [3.8, 4) is 0 Å². The molecule has 0 amide bonds. The third-order valence-electron chi connectivity index (χ3n) is 4.63. The first kappa shape index (κ1) is 14.5. The summed E-state index contributed by atoms with van der Waals surface area (Å²) in [6.07, 6.45) is 3.72. The van der Waals surface area contributed by atoms with Crippen LogP contribution in [-0.4, -0.2) is 27.9 Å². The summed E-state index contributed by atoms with van der Waals surface area (Å²) >= 11 is 0. The van der Waals surface area contributed by atoms with E-state index in [1.165, 1.54) is 19.3 Å². The van der Waals surface area contributed by atoms with Crippen molar-refractivity contribution in [1.82, 2.24) is 20.1 Å². The molecule has 4 heteroatoms. The Morgan fingerprint density at radius 2 is 1.89 bits per heavy atom. The zero-order valence-corrected chi connectivity index (χ0v) is 13.2. The second-order valence-corrected chi connectivity index (χ2v) is 6.99. The fraction of sp³-hybridized carbons (Fsp3) is 0.867. The van der Waals surface area contributed by atoms with Crippen LogP contribution < -0.4 is 5.32 Å². The Hall–Kier alpha value is -0.900. The monoisotopic (exact) mass is 264 g/mol. The lowest BCUT2D eigenvalue weighted by molar-refractivity contribution is 0.113. The fourth-order valence-electron chi connectivity index (χ4n) is 3.39. The van der Waals surface area contributed by atoms with Crippen LogP contribution in [0.5, 0.6) is 0 Å². The summed E-state index contributed by atoms with van der Waals surface area (Å²) < 4.78 is 2.15. The van der Waals surface area contributed by atoms with Gasteiger partial charge in [-0.25, -0.2) is 9.67 Å². The van der Waals surface area contributed by atoms with Crippen LogP contribution >= 0.6 is 0 Å². The number of nitrogens with one attached hydrogen (secondary N) is 1. The summed E-state index contributed by atoms with van der Waals surface area (Å²) in [7, 11) is 2.06. The second-order valence-electron chi connectivity index (χ2n) is 6.99. The maximum Gasteiger partial charge on any atom is 0.147 e. The number of rotatable bonds is 2. The van der Waals surface area contributed by atoms with Crippen LogP contribution in [0.1, 0.15) is 57.7 Å². The Labute approximate surface area is 117 Å². The van der Waals surface area contributed by atoms with Gasteiger partial charge in [0.2, 0.25) is 0 Å². The van der Waals surface area contributed by atoms with Gasteiger partial charge in [0.05, 0.1) is 6.04 Å². The normalized spacial score (nSPS) is 28.6. The molecule has 3 unspecified atom stereocenters. The number of aryl methyl sites for hydroxylation is 2. The number of nitrogens with zero attached hydrogens (tertiary/aromatic N) is 3. The summed E-state index contributed by atoms with van der Waals surface area (Å²) in [6.45, 7) is 11.1. The molecule has 0 spiro atoms. The lowest BCUT2D eigenvalue weighted by Crippen LogP contribution is -2.43. The highest BCUT2D eigenvalue weighted by Crippen LogP contribution is 2.42. The minimum absolute atomic E-state index is 0.375. The van der Waals surface area contributed by atoms with Crippen molar-refractivity contribution in [1.29, 1.82) is 0 Å². The molecule has 19 heavy (non-hydrogen) atoms. The average Bonchev–Trinajstić information content (AvgIpc) is 2.66. The van der Waals surface area contributed by atoms with E-state index in [9.17, 15) is 0 Å². The number of likely N-dealkylation sites (N-methyl/N-ethyl adjacent to an activating group) is 1. The molecule has 1 saturated carbocycles. The quantitative estimate of drug-likeness (QED) is 0.893. The lowest BCUT2D eigenvalue weighted by atomic mass is 9.69. The standard InChI is InChI=1S/C15H28N4/c1-10-17-11(2)19(18-10)14-9-12(15(3,4)5)7-8-13(14)16-6/h12-14,16H,7-9H2,1-6H3. The molecule has 0 radical (unpaired) electrons. The predicted molar refractivity (Wildman–Crippen MR) is 78.2 cm³/mol. The third-order valence-corrected chi connectivity index (χ3v) is 4.63. The zero-order valence-electron chi connectivity index (χ0n) is 13.2. The Morgan fingerprint density at radius 1 is 1.21 bits per heavy atom. The molecule has 1 aromatic rings. The van der Waals surface area contributed by atoms with Gasteiger partial charge in [0.25, 0.3) is 0 Å². The van der Waals surface area contributed by atoms with Crippen LogP contribution in [0.4, 0.5) is 0 Å². The summed E-state index contributed by atoms with van der Waals surface area (Å²) in [5.74, 6) is 2.67. The minimum Gasteiger partial charge on any atom is -0.315 e. The molecule has 4 nitrogen and oxygen atoms in total. The molecule has 0 bridgehead atoms. The van der Waals surface area contributed by atoms with Crippen molar-refractivity contribution < 1.29 is 0 Å². The minimum atomic E-state index is 0.375. The Morgan fingerprint density at radius 3 is 2.37 bits per heavy atom. The summed E-state index contributed by atoms with van der Waals surface area (Å²) in [4.78, 5) is 4.47. The van der Waals surface area contributed by atoms with E-state index < -0.39 is 0 Å². The van der Waals surface area contributed by atoms with Crippen LogP contribution in [0.25, 0.3) is 0 Å². The molecule has 3 atom stereocenters. The molecule has 1 N–H and O–H groups in total. The van der Waals surface area contributed by atoms with Crippen LogP contribution in [0.15, 0.2) is 0 Å². The molecule has 0 aliphatic heterocycles. The largest absolute Gasteiger partial charge is 0.315 e. The van der Waals surface area contributed by atoms with Crippen molar-refractivity contribution >= 4 is 0 Å². The molecular weight excluding hydrogens is 236 g/mol. The maximum atomic E-state index is 4.61. The van der Waals surface area contributed by atoms with Crippen molar-refractivity contribution in [3.63, 3.8) is 0 Å². The highest BCUT2D eigenvalue weighted by Gasteiger charge is 2.37. The van der Waals surface area contributed by atoms with Gasteiger partial charge in [0.1, 0.15) is 11.6 Å². The van der Waals surface area contributed by atoms with E-state index >= 15 is 0 Å². The molecule has 1 fully saturated rings. The summed E-state index contributed by atoms with van der Waals surface area (Å²) in [6, 6.07) is 0.947. The van der Waals surface area contributed by atoms with Gasteiger partial charge in [0, 0.05) is 6.04 Å². The SMILES string of the molecule is CNC1CCC(C(C)(C)C)CC1n1nc(C)nc1C.